The number of hydrogen-bond acceptors (Lipinski definition) is 7. The Hall–Kier alpha value is -1.48. The Morgan fingerprint density at radius 2 is 1.94 bits per heavy atom. The van der Waals surface area contributed by atoms with Gasteiger partial charge in [0.15, 0.2) is 10.7 Å². The number of piperazine rings is 1. The van der Waals surface area contributed by atoms with Gasteiger partial charge in [0.05, 0.1) is 18.9 Å². The highest BCUT2D eigenvalue weighted by Gasteiger charge is 2.33. The molecule has 31 heavy (non-hydrogen) atoms. The number of rotatable bonds is 6. The first-order chi connectivity index (χ1) is 14.8. The lowest BCUT2D eigenvalue weighted by Gasteiger charge is -2.35. The van der Waals surface area contributed by atoms with Crippen LogP contribution in [-0.2, 0) is 24.1 Å². The highest BCUT2D eigenvalue weighted by atomic mass is 32.1. The number of carbonyl (C=O) groups is 1. The van der Waals surface area contributed by atoms with Crippen LogP contribution in [0.4, 0.5) is 0 Å². The lowest BCUT2D eigenvalue weighted by molar-refractivity contribution is 0.0515. The molecule has 0 spiro atoms. The molecule has 2 aromatic rings. The van der Waals surface area contributed by atoms with Gasteiger partial charge in [-0.05, 0) is 37.5 Å². The summed E-state index contributed by atoms with van der Waals surface area (Å²) in [6.07, 6.45) is 3.31. The Labute approximate surface area is 189 Å². The van der Waals surface area contributed by atoms with E-state index in [4.69, 9.17) is 9.72 Å². The fourth-order valence-electron chi connectivity index (χ4n) is 4.89. The van der Waals surface area contributed by atoms with Crippen LogP contribution in [0.25, 0.3) is 4.96 Å². The minimum absolute atomic E-state index is 0.201. The summed E-state index contributed by atoms with van der Waals surface area (Å²) < 4.78 is 7.62. The van der Waals surface area contributed by atoms with Gasteiger partial charge in [-0.1, -0.05) is 20.8 Å². The van der Waals surface area contributed by atoms with Crippen LogP contribution < -0.4 is 0 Å². The molecule has 7 nitrogen and oxygen atoms in total. The van der Waals surface area contributed by atoms with E-state index in [1.807, 2.05) is 6.92 Å². The maximum atomic E-state index is 12.7. The number of aliphatic hydroxyl groups excluding tert-OH is 1. The summed E-state index contributed by atoms with van der Waals surface area (Å²) in [5.74, 6) is 0.361. The number of thiazole rings is 1. The minimum Gasteiger partial charge on any atom is -0.461 e. The third-order valence-corrected chi connectivity index (χ3v) is 7.96. The van der Waals surface area contributed by atoms with Gasteiger partial charge in [-0.25, -0.2) is 9.78 Å². The number of ether oxygens (including phenoxy) is 1. The number of aliphatic hydroxyl groups is 1. The number of β-amino-alcohol motifs (C(OH)–C–C–N with tert-alkyl or cyclic N) is 1. The predicted octanol–water partition coefficient (Wildman–Crippen LogP) is 2.83. The molecule has 1 aliphatic carbocycles. The lowest BCUT2D eigenvalue weighted by atomic mass is 9.73. The zero-order valence-corrected chi connectivity index (χ0v) is 20.1. The molecule has 1 fully saturated rings. The van der Waals surface area contributed by atoms with Gasteiger partial charge in [-0.3, -0.25) is 14.2 Å². The van der Waals surface area contributed by atoms with Gasteiger partial charge in [0, 0.05) is 49.8 Å². The van der Waals surface area contributed by atoms with E-state index in [-0.39, 0.29) is 12.6 Å². The summed E-state index contributed by atoms with van der Waals surface area (Å²) in [7, 11) is 0. The molecule has 0 saturated carbocycles. The lowest BCUT2D eigenvalue weighted by Crippen LogP contribution is -2.46. The Balaban J connectivity index is 1.64. The average Bonchev–Trinajstić information content (AvgIpc) is 3.25. The van der Waals surface area contributed by atoms with Gasteiger partial charge >= 0.3 is 5.97 Å². The van der Waals surface area contributed by atoms with Crippen molar-refractivity contribution in [2.24, 2.45) is 11.3 Å². The quantitative estimate of drug-likeness (QED) is 0.686. The molecule has 1 atom stereocenters. The fraction of sp³-hybridized carbons (Fsp3) is 0.739. The Kier molecular flexibility index (Phi) is 6.72. The van der Waals surface area contributed by atoms with Crippen molar-refractivity contribution in [3.05, 3.63) is 22.0 Å². The van der Waals surface area contributed by atoms with Gasteiger partial charge in [-0.2, -0.15) is 0 Å². The standard InChI is InChI=1S/C23H36N4O3S/c1-5-30-21(29)20-18(15-26-10-8-25(9-11-26)12-13-28)27-17-7-6-16(23(2,3)4)14-19(17)31-22(27)24-20/h16,28H,5-15H2,1-4H3. The van der Waals surface area contributed by atoms with Crippen molar-refractivity contribution in [3.8, 4) is 0 Å². The molecule has 0 amide bonds. The van der Waals surface area contributed by atoms with Crippen LogP contribution in [0.1, 0.15) is 60.9 Å². The highest BCUT2D eigenvalue weighted by molar-refractivity contribution is 7.17. The smallest absolute Gasteiger partial charge is 0.358 e. The molecule has 2 aromatic heterocycles. The fourth-order valence-corrected chi connectivity index (χ4v) is 6.16. The van der Waals surface area contributed by atoms with E-state index < -0.39 is 0 Å². The SMILES string of the molecule is CCOC(=O)c1nc2sc3c(n2c1CN1CCN(CCO)CC1)CCC(C(C)(C)C)C3. The number of aromatic nitrogens is 2. The molecule has 1 aliphatic heterocycles. The third kappa shape index (κ3) is 4.67. The molecule has 1 unspecified atom stereocenters. The number of nitrogens with zero attached hydrogens (tertiary/aromatic N) is 4. The van der Waals surface area contributed by atoms with Crippen molar-refractivity contribution in [1.29, 1.82) is 0 Å². The molecule has 4 rings (SSSR count). The van der Waals surface area contributed by atoms with Gasteiger partial charge in [-0.15, -0.1) is 11.3 Å². The van der Waals surface area contributed by atoms with Crippen LogP contribution in [0.3, 0.4) is 0 Å². The Morgan fingerprint density at radius 3 is 2.58 bits per heavy atom. The van der Waals surface area contributed by atoms with Gasteiger partial charge < -0.3 is 9.84 Å². The van der Waals surface area contributed by atoms with Crippen molar-refractivity contribution in [1.82, 2.24) is 19.2 Å². The van der Waals surface area contributed by atoms with Crippen LogP contribution in [0, 0.1) is 11.3 Å². The van der Waals surface area contributed by atoms with Crippen molar-refractivity contribution in [2.45, 2.75) is 53.5 Å². The molecular formula is C23H36N4O3S. The molecular weight excluding hydrogens is 412 g/mol. The topological polar surface area (TPSA) is 70.3 Å². The van der Waals surface area contributed by atoms with Crippen LogP contribution >= 0.6 is 11.3 Å². The van der Waals surface area contributed by atoms with Gasteiger partial charge in [0.2, 0.25) is 0 Å². The molecule has 0 bridgehead atoms. The second kappa shape index (κ2) is 9.17. The van der Waals surface area contributed by atoms with E-state index in [0.29, 0.717) is 30.2 Å². The average molecular weight is 449 g/mol. The van der Waals surface area contributed by atoms with Crippen molar-refractivity contribution in [3.63, 3.8) is 0 Å². The molecule has 2 aliphatic rings. The second-order valence-electron chi connectivity index (χ2n) is 9.86. The summed E-state index contributed by atoms with van der Waals surface area (Å²) in [5.41, 5.74) is 3.11. The van der Waals surface area contributed by atoms with Crippen molar-refractivity contribution in [2.75, 3.05) is 45.9 Å². The van der Waals surface area contributed by atoms with E-state index >= 15 is 0 Å². The van der Waals surface area contributed by atoms with Crippen LogP contribution in [0.5, 0.6) is 0 Å². The zero-order valence-electron chi connectivity index (χ0n) is 19.3. The minimum atomic E-state index is -0.315. The summed E-state index contributed by atoms with van der Waals surface area (Å²) >= 11 is 1.75. The zero-order chi connectivity index (χ0) is 22.2. The molecule has 0 radical (unpaired) electrons. The number of fused-ring (bicyclic) bond motifs is 3. The molecule has 1 saturated heterocycles. The highest BCUT2D eigenvalue weighted by Crippen LogP contribution is 2.41. The molecule has 172 valence electrons. The Morgan fingerprint density at radius 1 is 1.23 bits per heavy atom. The number of carbonyl (C=O) groups excluding carboxylic acids is 1. The number of hydrogen-bond donors (Lipinski definition) is 1. The monoisotopic (exact) mass is 448 g/mol. The number of esters is 1. The predicted molar refractivity (Wildman–Crippen MR) is 123 cm³/mol. The summed E-state index contributed by atoms with van der Waals surface area (Å²) in [4.78, 5) is 24.5. The largest absolute Gasteiger partial charge is 0.461 e. The Bertz CT molecular complexity index is 922. The van der Waals surface area contributed by atoms with Gasteiger partial charge in [0.1, 0.15) is 0 Å². The van der Waals surface area contributed by atoms with Crippen molar-refractivity contribution >= 4 is 22.3 Å². The third-order valence-electron chi connectivity index (χ3n) is 6.86. The van der Waals surface area contributed by atoms with Crippen molar-refractivity contribution < 1.29 is 14.6 Å². The molecule has 1 N–H and O–H groups in total. The van der Waals surface area contributed by atoms with Gasteiger partial charge in [0.25, 0.3) is 0 Å². The van der Waals surface area contributed by atoms with Crippen LogP contribution in [-0.4, -0.2) is 76.2 Å². The first-order valence-corrected chi connectivity index (χ1v) is 12.4. The first kappa shape index (κ1) is 22.7. The van der Waals surface area contributed by atoms with Crippen LogP contribution in [0.15, 0.2) is 0 Å². The van der Waals surface area contributed by atoms with E-state index in [2.05, 4.69) is 35.0 Å². The summed E-state index contributed by atoms with van der Waals surface area (Å²) in [6, 6.07) is 0. The van der Waals surface area contributed by atoms with E-state index in [9.17, 15) is 9.90 Å². The summed E-state index contributed by atoms with van der Waals surface area (Å²) in [6.45, 7) is 14.6. The molecule has 8 heteroatoms. The van der Waals surface area contributed by atoms with E-state index in [1.165, 1.54) is 17.0 Å². The maximum Gasteiger partial charge on any atom is 0.358 e. The molecule has 3 heterocycles. The van der Waals surface area contributed by atoms with E-state index in [1.54, 1.807) is 11.3 Å². The normalized spacial score (nSPS) is 20.9. The summed E-state index contributed by atoms with van der Waals surface area (Å²) in [5, 5.41) is 9.20. The maximum absolute atomic E-state index is 12.7. The molecule has 0 aromatic carbocycles. The second-order valence-corrected chi connectivity index (χ2v) is 10.9. The number of imidazole rings is 1. The number of aryl methyl sites for hydroxylation is 1. The first-order valence-electron chi connectivity index (χ1n) is 11.6. The van der Waals surface area contributed by atoms with E-state index in [0.717, 1.165) is 56.2 Å². The van der Waals surface area contributed by atoms with Crippen LogP contribution in [0.2, 0.25) is 0 Å².